The van der Waals surface area contributed by atoms with Crippen LogP contribution < -0.4 is 0 Å². The number of benzene rings is 2. The van der Waals surface area contributed by atoms with Gasteiger partial charge in [-0.15, -0.1) is 11.3 Å². The molecule has 0 saturated heterocycles. The summed E-state index contributed by atoms with van der Waals surface area (Å²) >= 11 is 3.84. The lowest BCUT2D eigenvalue weighted by atomic mass is 10.1. The quantitative estimate of drug-likeness (QED) is 0.467. The molecule has 2 aromatic carbocycles. The molecule has 0 radical (unpaired) electrons. The van der Waals surface area contributed by atoms with Gasteiger partial charge in [0.1, 0.15) is 0 Å². The van der Waals surface area contributed by atoms with Crippen LogP contribution in [0, 0.1) is 3.57 Å². The van der Waals surface area contributed by atoms with Crippen LogP contribution in [0.3, 0.4) is 0 Å². The molecular weight excluding hydrogens is 367 g/mol. The molecule has 0 saturated carbocycles. The minimum atomic E-state index is 0.197. The van der Waals surface area contributed by atoms with Crippen molar-refractivity contribution in [2.45, 2.75) is 6.42 Å². The Morgan fingerprint density at radius 3 is 2.53 bits per heavy atom. The summed E-state index contributed by atoms with van der Waals surface area (Å²) in [5, 5.41) is 1.15. The number of ketones is 1. The molecule has 0 amide bonds. The van der Waals surface area contributed by atoms with Crippen LogP contribution in [-0.4, -0.2) is 5.78 Å². The van der Waals surface area contributed by atoms with Gasteiger partial charge >= 0.3 is 0 Å². The number of carbonyl (C=O) groups is 1. The molecule has 0 aliphatic rings. The Balaban J connectivity index is 1.85. The van der Waals surface area contributed by atoms with Crippen molar-refractivity contribution in [3.05, 3.63) is 68.6 Å². The molecule has 3 rings (SSSR count). The summed E-state index contributed by atoms with van der Waals surface area (Å²) in [6.07, 6.45) is 0.476. The van der Waals surface area contributed by atoms with Gasteiger partial charge in [-0.05, 0) is 57.8 Å². The van der Waals surface area contributed by atoms with Crippen molar-refractivity contribution in [3.63, 3.8) is 0 Å². The lowest BCUT2D eigenvalue weighted by molar-refractivity contribution is 0.0997. The average Bonchev–Trinajstić information content (AvgIpc) is 2.85. The number of carbonyl (C=O) groups excluding carboxylic acids is 1. The summed E-state index contributed by atoms with van der Waals surface area (Å²) in [5.41, 5.74) is 1.07. The van der Waals surface area contributed by atoms with E-state index in [1.807, 2.05) is 48.5 Å². The second kappa shape index (κ2) is 5.43. The van der Waals surface area contributed by atoms with E-state index < -0.39 is 0 Å². The van der Waals surface area contributed by atoms with E-state index >= 15 is 0 Å². The fourth-order valence-corrected chi connectivity index (χ4v) is 3.35. The van der Waals surface area contributed by atoms with Crippen molar-refractivity contribution in [2.24, 2.45) is 0 Å². The molecule has 0 N–H and O–H groups in total. The van der Waals surface area contributed by atoms with Crippen LogP contribution in [0.15, 0.2) is 54.6 Å². The van der Waals surface area contributed by atoms with E-state index in [1.54, 1.807) is 11.3 Å². The molecule has 19 heavy (non-hydrogen) atoms. The standard InChI is InChI=1S/C16H11IOS/c17-13-7-5-11(6-8-13)9-14(18)16-10-12-3-1-2-4-15(12)19-16/h1-8,10H,9H2. The molecule has 1 aromatic heterocycles. The molecule has 1 heterocycles. The molecule has 0 aliphatic heterocycles. The number of rotatable bonds is 3. The molecule has 3 aromatic rings. The molecule has 0 spiro atoms. The highest BCUT2D eigenvalue weighted by atomic mass is 127. The molecule has 1 nitrogen and oxygen atoms in total. The van der Waals surface area contributed by atoms with Crippen molar-refractivity contribution in [2.75, 3.05) is 0 Å². The zero-order valence-corrected chi connectivity index (χ0v) is 13.1. The van der Waals surface area contributed by atoms with Gasteiger partial charge in [0.15, 0.2) is 5.78 Å². The van der Waals surface area contributed by atoms with Gasteiger partial charge in [0, 0.05) is 14.7 Å². The minimum absolute atomic E-state index is 0.197. The highest BCUT2D eigenvalue weighted by Gasteiger charge is 2.10. The van der Waals surface area contributed by atoms with Crippen molar-refractivity contribution in [1.29, 1.82) is 0 Å². The van der Waals surface area contributed by atoms with Crippen LogP contribution in [-0.2, 0) is 6.42 Å². The van der Waals surface area contributed by atoms with Crippen molar-refractivity contribution >= 4 is 49.8 Å². The SMILES string of the molecule is O=C(Cc1ccc(I)cc1)c1cc2ccccc2s1. The van der Waals surface area contributed by atoms with Crippen LogP contribution in [0.4, 0.5) is 0 Å². The zero-order valence-electron chi connectivity index (χ0n) is 10.1. The smallest absolute Gasteiger partial charge is 0.177 e. The molecule has 0 fully saturated rings. The fraction of sp³-hybridized carbons (Fsp3) is 0.0625. The molecular formula is C16H11IOS. The second-order valence-corrected chi connectivity index (χ2v) is 6.70. The monoisotopic (exact) mass is 378 g/mol. The first-order valence-corrected chi connectivity index (χ1v) is 7.88. The Morgan fingerprint density at radius 1 is 1.05 bits per heavy atom. The summed E-state index contributed by atoms with van der Waals surface area (Å²) in [5.74, 6) is 0.197. The van der Waals surface area contributed by atoms with Gasteiger partial charge in [0.25, 0.3) is 0 Å². The Bertz CT molecular complexity index is 695. The number of thiophene rings is 1. The van der Waals surface area contributed by atoms with Gasteiger partial charge in [-0.1, -0.05) is 30.3 Å². The van der Waals surface area contributed by atoms with E-state index in [-0.39, 0.29) is 5.78 Å². The molecule has 0 unspecified atom stereocenters. The molecule has 3 heteroatoms. The van der Waals surface area contributed by atoms with E-state index in [9.17, 15) is 4.79 Å². The number of hydrogen-bond donors (Lipinski definition) is 0. The van der Waals surface area contributed by atoms with Crippen molar-refractivity contribution in [3.8, 4) is 0 Å². The van der Waals surface area contributed by atoms with E-state index in [4.69, 9.17) is 0 Å². The van der Waals surface area contributed by atoms with Gasteiger partial charge in [-0.25, -0.2) is 0 Å². The highest BCUT2D eigenvalue weighted by Crippen LogP contribution is 2.26. The number of hydrogen-bond acceptors (Lipinski definition) is 2. The number of Topliss-reactive ketones (excluding diaryl/α,β-unsaturated/α-hetero) is 1. The summed E-state index contributed by atoms with van der Waals surface area (Å²) in [6.45, 7) is 0. The van der Waals surface area contributed by atoms with Crippen LogP contribution in [0.5, 0.6) is 0 Å². The van der Waals surface area contributed by atoms with Gasteiger partial charge in [0.05, 0.1) is 4.88 Å². The molecule has 94 valence electrons. The maximum atomic E-state index is 12.3. The largest absolute Gasteiger partial charge is 0.293 e. The Morgan fingerprint density at radius 2 is 1.79 bits per heavy atom. The maximum absolute atomic E-state index is 12.3. The van der Waals surface area contributed by atoms with E-state index in [2.05, 4.69) is 28.7 Å². The zero-order chi connectivity index (χ0) is 13.2. The maximum Gasteiger partial charge on any atom is 0.177 e. The third-order valence-electron chi connectivity index (χ3n) is 2.98. The lowest BCUT2D eigenvalue weighted by Gasteiger charge is -1.99. The molecule has 0 atom stereocenters. The first-order chi connectivity index (χ1) is 9.22. The Hall–Kier alpha value is -1.20. The normalized spacial score (nSPS) is 10.8. The Kier molecular flexibility index (Phi) is 3.66. The summed E-state index contributed by atoms with van der Waals surface area (Å²) in [7, 11) is 0. The Labute approximate surface area is 129 Å². The number of halogens is 1. The van der Waals surface area contributed by atoms with E-state index in [0.29, 0.717) is 6.42 Å². The number of fused-ring (bicyclic) bond motifs is 1. The molecule has 0 bridgehead atoms. The van der Waals surface area contributed by atoms with Gasteiger partial charge in [-0.2, -0.15) is 0 Å². The topological polar surface area (TPSA) is 17.1 Å². The lowest BCUT2D eigenvalue weighted by Crippen LogP contribution is -2.00. The van der Waals surface area contributed by atoms with Gasteiger partial charge < -0.3 is 0 Å². The van der Waals surface area contributed by atoms with Crippen LogP contribution in [0.1, 0.15) is 15.2 Å². The minimum Gasteiger partial charge on any atom is -0.293 e. The second-order valence-electron chi connectivity index (χ2n) is 4.37. The van der Waals surface area contributed by atoms with E-state index in [0.717, 1.165) is 15.8 Å². The summed E-state index contributed by atoms with van der Waals surface area (Å²) < 4.78 is 2.36. The first-order valence-electron chi connectivity index (χ1n) is 5.98. The van der Waals surface area contributed by atoms with Gasteiger partial charge in [0.2, 0.25) is 0 Å². The predicted octanol–water partition coefficient (Wildman–Crippen LogP) is 4.93. The average molecular weight is 378 g/mol. The third kappa shape index (κ3) is 2.87. The van der Waals surface area contributed by atoms with Crippen LogP contribution in [0.2, 0.25) is 0 Å². The summed E-state index contributed by atoms with van der Waals surface area (Å²) in [4.78, 5) is 13.1. The van der Waals surface area contributed by atoms with Crippen molar-refractivity contribution < 1.29 is 4.79 Å². The van der Waals surface area contributed by atoms with Gasteiger partial charge in [-0.3, -0.25) is 4.79 Å². The highest BCUT2D eigenvalue weighted by molar-refractivity contribution is 14.1. The third-order valence-corrected chi connectivity index (χ3v) is 4.85. The summed E-state index contributed by atoms with van der Waals surface area (Å²) in [6, 6.07) is 18.2. The first kappa shape index (κ1) is 12.8. The van der Waals surface area contributed by atoms with Crippen molar-refractivity contribution in [1.82, 2.24) is 0 Å². The van der Waals surface area contributed by atoms with Crippen LogP contribution in [0.25, 0.3) is 10.1 Å². The molecule has 0 aliphatic carbocycles. The van der Waals surface area contributed by atoms with E-state index in [1.165, 1.54) is 8.27 Å². The van der Waals surface area contributed by atoms with Crippen LogP contribution >= 0.6 is 33.9 Å². The predicted molar refractivity (Wildman–Crippen MR) is 89.0 cm³/mol. The fourth-order valence-electron chi connectivity index (χ4n) is 1.99.